The Morgan fingerprint density at radius 1 is 1.17 bits per heavy atom. The third kappa shape index (κ3) is 3.46. The zero-order chi connectivity index (χ0) is 16.9. The molecule has 5 heteroatoms. The predicted octanol–water partition coefficient (Wildman–Crippen LogP) is 3.24. The summed E-state index contributed by atoms with van der Waals surface area (Å²) in [6.07, 6.45) is 1.70. The summed E-state index contributed by atoms with van der Waals surface area (Å²) in [6, 6.07) is 14.3. The summed E-state index contributed by atoms with van der Waals surface area (Å²) in [5, 5.41) is 0. The predicted molar refractivity (Wildman–Crippen MR) is 87.9 cm³/mol. The Hall–Kier alpha value is -3.08. The molecule has 0 fully saturated rings. The number of allylic oxidation sites excluding steroid dienone is 1. The molecule has 3 rings (SSSR count). The van der Waals surface area contributed by atoms with Gasteiger partial charge in [-0.3, -0.25) is 4.79 Å². The van der Waals surface area contributed by atoms with Gasteiger partial charge in [0, 0.05) is 6.07 Å². The Morgan fingerprint density at radius 3 is 2.71 bits per heavy atom. The summed E-state index contributed by atoms with van der Waals surface area (Å²) in [6.45, 7) is 1.85. The molecule has 0 saturated heterocycles. The lowest BCUT2D eigenvalue weighted by atomic mass is 10.1. The van der Waals surface area contributed by atoms with Crippen LogP contribution in [-0.2, 0) is 9.53 Å². The standard InChI is InChI=1S/C19H16O5/c1-2-22-18(20)12-23-14-8-9-15-16(11-14)24-17(19(15)21)10-13-6-4-3-5-7-13/h3-11H,2,12H2,1H3/b17-10-. The summed E-state index contributed by atoms with van der Waals surface area (Å²) in [7, 11) is 0. The lowest BCUT2D eigenvalue weighted by Gasteiger charge is -2.06. The first kappa shape index (κ1) is 15.8. The van der Waals surface area contributed by atoms with Gasteiger partial charge in [-0.05, 0) is 30.7 Å². The molecule has 5 nitrogen and oxygen atoms in total. The van der Waals surface area contributed by atoms with E-state index in [0.29, 0.717) is 23.7 Å². The van der Waals surface area contributed by atoms with Crippen molar-refractivity contribution >= 4 is 17.8 Å². The molecule has 0 bridgehead atoms. The Kier molecular flexibility index (Phi) is 4.61. The molecule has 0 aliphatic carbocycles. The summed E-state index contributed by atoms with van der Waals surface area (Å²) < 4.78 is 15.8. The van der Waals surface area contributed by atoms with Gasteiger partial charge in [0.25, 0.3) is 0 Å². The first-order chi connectivity index (χ1) is 11.7. The van der Waals surface area contributed by atoms with E-state index in [1.165, 1.54) is 0 Å². The van der Waals surface area contributed by atoms with Gasteiger partial charge in [-0.25, -0.2) is 4.79 Å². The van der Waals surface area contributed by atoms with Crippen molar-refractivity contribution < 1.29 is 23.8 Å². The molecule has 0 N–H and O–H groups in total. The molecule has 1 aliphatic rings. The molecule has 0 atom stereocenters. The fourth-order valence-electron chi connectivity index (χ4n) is 2.30. The number of carbonyl (C=O) groups excluding carboxylic acids is 2. The monoisotopic (exact) mass is 324 g/mol. The second-order valence-electron chi connectivity index (χ2n) is 5.10. The van der Waals surface area contributed by atoms with Gasteiger partial charge in [-0.2, -0.15) is 0 Å². The van der Waals surface area contributed by atoms with Gasteiger partial charge in [0.1, 0.15) is 11.5 Å². The minimum Gasteiger partial charge on any atom is -0.482 e. The molecule has 1 heterocycles. The summed E-state index contributed by atoms with van der Waals surface area (Å²) in [5.41, 5.74) is 1.35. The second kappa shape index (κ2) is 7.00. The van der Waals surface area contributed by atoms with Crippen LogP contribution in [-0.4, -0.2) is 25.0 Å². The molecule has 0 saturated carbocycles. The lowest BCUT2D eigenvalue weighted by molar-refractivity contribution is -0.145. The fourth-order valence-corrected chi connectivity index (χ4v) is 2.30. The third-order valence-electron chi connectivity index (χ3n) is 3.40. The van der Waals surface area contributed by atoms with Crippen LogP contribution in [0.5, 0.6) is 11.5 Å². The van der Waals surface area contributed by atoms with Crippen molar-refractivity contribution in [2.75, 3.05) is 13.2 Å². The van der Waals surface area contributed by atoms with Gasteiger partial charge >= 0.3 is 5.97 Å². The Morgan fingerprint density at radius 2 is 1.96 bits per heavy atom. The van der Waals surface area contributed by atoms with Gasteiger partial charge in [-0.1, -0.05) is 30.3 Å². The van der Waals surface area contributed by atoms with Crippen LogP contribution >= 0.6 is 0 Å². The van der Waals surface area contributed by atoms with Gasteiger partial charge in [0.2, 0.25) is 5.78 Å². The van der Waals surface area contributed by atoms with Crippen LogP contribution in [0.4, 0.5) is 0 Å². The number of fused-ring (bicyclic) bond motifs is 1. The lowest BCUT2D eigenvalue weighted by Crippen LogP contribution is -2.14. The van der Waals surface area contributed by atoms with Gasteiger partial charge in [0.15, 0.2) is 12.4 Å². The SMILES string of the molecule is CCOC(=O)COc1ccc2c(c1)O/C(=C\c1ccccc1)C2=O. The average Bonchev–Trinajstić information content (AvgIpc) is 2.90. The van der Waals surface area contributed by atoms with Crippen molar-refractivity contribution in [1.82, 2.24) is 0 Å². The molecule has 0 unspecified atom stereocenters. The Labute approximate surface area is 139 Å². The van der Waals surface area contributed by atoms with Crippen molar-refractivity contribution in [3.05, 3.63) is 65.4 Å². The molecule has 24 heavy (non-hydrogen) atoms. The first-order valence-electron chi connectivity index (χ1n) is 7.59. The van der Waals surface area contributed by atoms with Gasteiger partial charge in [0.05, 0.1) is 12.2 Å². The minimum atomic E-state index is -0.445. The molecule has 0 aromatic heterocycles. The van der Waals surface area contributed by atoms with Crippen LogP contribution in [0.3, 0.4) is 0 Å². The van der Waals surface area contributed by atoms with Crippen LogP contribution in [0.1, 0.15) is 22.8 Å². The smallest absolute Gasteiger partial charge is 0.344 e. The zero-order valence-corrected chi connectivity index (χ0v) is 13.2. The van der Waals surface area contributed by atoms with Crippen molar-refractivity contribution in [2.24, 2.45) is 0 Å². The molecule has 0 spiro atoms. The normalized spacial score (nSPS) is 14.2. The van der Waals surface area contributed by atoms with Crippen molar-refractivity contribution in [1.29, 1.82) is 0 Å². The number of hydrogen-bond donors (Lipinski definition) is 0. The van der Waals surface area contributed by atoms with E-state index in [-0.39, 0.29) is 18.1 Å². The van der Waals surface area contributed by atoms with Crippen LogP contribution in [0.25, 0.3) is 6.08 Å². The van der Waals surface area contributed by atoms with E-state index in [9.17, 15) is 9.59 Å². The van der Waals surface area contributed by atoms with Crippen LogP contribution < -0.4 is 9.47 Å². The quantitative estimate of drug-likeness (QED) is 0.624. The average molecular weight is 324 g/mol. The molecule has 0 radical (unpaired) electrons. The van der Waals surface area contributed by atoms with Gasteiger partial charge < -0.3 is 14.2 Å². The van der Waals surface area contributed by atoms with Crippen LogP contribution in [0, 0.1) is 0 Å². The maximum atomic E-state index is 12.4. The topological polar surface area (TPSA) is 61.8 Å². The maximum Gasteiger partial charge on any atom is 0.344 e. The molecule has 1 aliphatic heterocycles. The number of esters is 1. The minimum absolute atomic E-state index is 0.175. The summed E-state index contributed by atoms with van der Waals surface area (Å²) in [5.74, 6) is 0.503. The molecule has 0 amide bonds. The zero-order valence-electron chi connectivity index (χ0n) is 13.2. The highest BCUT2D eigenvalue weighted by Crippen LogP contribution is 2.34. The first-order valence-corrected chi connectivity index (χ1v) is 7.59. The number of ether oxygens (including phenoxy) is 3. The maximum absolute atomic E-state index is 12.4. The number of benzene rings is 2. The van der Waals surface area contributed by atoms with Crippen molar-refractivity contribution in [3.63, 3.8) is 0 Å². The fraction of sp³-hybridized carbons (Fsp3) is 0.158. The number of ketones is 1. The third-order valence-corrected chi connectivity index (χ3v) is 3.40. The van der Waals surface area contributed by atoms with Crippen molar-refractivity contribution in [2.45, 2.75) is 6.92 Å². The summed E-state index contributed by atoms with van der Waals surface area (Å²) >= 11 is 0. The van der Waals surface area contributed by atoms with E-state index in [4.69, 9.17) is 14.2 Å². The highest BCUT2D eigenvalue weighted by Gasteiger charge is 2.27. The van der Waals surface area contributed by atoms with E-state index < -0.39 is 5.97 Å². The molecule has 122 valence electrons. The van der Waals surface area contributed by atoms with E-state index in [1.807, 2.05) is 30.3 Å². The Balaban J connectivity index is 1.74. The molecule has 2 aromatic rings. The van der Waals surface area contributed by atoms with Crippen molar-refractivity contribution in [3.8, 4) is 11.5 Å². The largest absolute Gasteiger partial charge is 0.482 e. The molecular formula is C19H16O5. The van der Waals surface area contributed by atoms with Crippen LogP contribution in [0.15, 0.2) is 54.3 Å². The number of hydrogen-bond acceptors (Lipinski definition) is 5. The van der Waals surface area contributed by atoms with E-state index in [1.54, 1.807) is 31.2 Å². The molecular weight excluding hydrogens is 308 g/mol. The highest BCUT2D eigenvalue weighted by molar-refractivity contribution is 6.14. The van der Waals surface area contributed by atoms with Gasteiger partial charge in [-0.15, -0.1) is 0 Å². The van der Waals surface area contributed by atoms with Crippen LogP contribution in [0.2, 0.25) is 0 Å². The number of rotatable bonds is 5. The van der Waals surface area contributed by atoms with E-state index >= 15 is 0 Å². The Bertz CT molecular complexity index is 793. The second-order valence-corrected chi connectivity index (χ2v) is 5.10. The molecule has 2 aromatic carbocycles. The van der Waals surface area contributed by atoms with E-state index in [2.05, 4.69) is 0 Å². The van der Waals surface area contributed by atoms with E-state index in [0.717, 1.165) is 5.56 Å². The number of Topliss-reactive ketones (excluding diaryl/α,β-unsaturated/α-hetero) is 1. The summed E-state index contributed by atoms with van der Waals surface area (Å²) in [4.78, 5) is 23.7. The number of carbonyl (C=O) groups is 2. The highest BCUT2D eigenvalue weighted by atomic mass is 16.6.